The van der Waals surface area contributed by atoms with E-state index in [1.54, 1.807) is 19.1 Å². The molecule has 8 heteroatoms. The SMILES string of the molecule is CC1=NN(c2ccccc2S(=O)([O-])=S)C(=O)C1.[Na+]. The molecule has 0 bridgehead atoms. The second-order valence-electron chi connectivity index (χ2n) is 3.64. The van der Waals surface area contributed by atoms with E-state index in [9.17, 15) is 13.6 Å². The number of hydrazone groups is 1. The summed E-state index contributed by atoms with van der Waals surface area (Å²) in [6, 6.07) is 6.07. The van der Waals surface area contributed by atoms with Gasteiger partial charge in [-0.05, 0) is 39.0 Å². The zero-order chi connectivity index (χ0) is 12.6. The maximum Gasteiger partial charge on any atom is 1.00 e. The van der Waals surface area contributed by atoms with Crippen LogP contribution in [0.3, 0.4) is 0 Å². The molecule has 18 heavy (non-hydrogen) atoms. The van der Waals surface area contributed by atoms with E-state index in [0.29, 0.717) is 5.71 Å². The minimum atomic E-state index is -3.79. The first-order valence-corrected chi connectivity index (χ1v) is 7.22. The largest absolute Gasteiger partial charge is 1.00 e. The van der Waals surface area contributed by atoms with Gasteiger partial charge in [-0.3, -0.25) is 9.00 Å². The Kier molecular flexibility index (Phi) is 5.05. The summed E-state index contributed by atoms with van der Waals surface area (Å²) in [5.74, 6) is -0.256. The van der Waals surface area contributed by atoms with Gasteiger partial charge in [0, 0.05) is 5.71 Å². The fraction of sp³-hybridized carbons (Fsp3) is 0.200. The Morgan fingerprint density at radius 2 is 2.06 bits per heavy atom. The third kappa shape index (κ3) is 3.17. The molecule has 1 aliphatic rings. The average molecular weight is 292 g/mol. The molecule has 5 nitrogen and oxygen atoms in total. The first kappa shape index (κ1) is 15.7. The number of benzene rings is 1. The minimum absolute atomic E-state index is 0. The molecule has 0 radical (unpaired) electrons. The van der Waals surface area contributed by atoms with Gasteiger partial charge in [-0.2, -0.15) is 10.1 Å². The Balaban J connectivity index is 0.00000162. The van der Waals surface area contributed by atoms with Gasteiger partial charge in [-0.1, -0.05) is 12.1 Å². The summed E-state index contributed by atoms with van der Waals surface area (Å²) >= 11 is 4.43. The molecule has 0 aliphatic carbocycles. The summed E-state index contributed by atoms with van der Waals surface area (Å²) in [5.41, 5.74) is 0.857. The molecule has 0 N–H and O–H groups in total. The van der Waals surface area contributed by atoms with E-state index in [-0.39, 0.29) is 52.5 Å². The second-order valence-corrected chi connectivity index (χ2v) is 6.30. The quantitative estimate of drug-likeness (QED) is 0.593. The summed E-state index contributed by atoms with van der Waals surface area (Å²) in [4.78, 5) is 11.6. The van der Waals surface area contributed by atoms with Crippen LogP contribution in [0.25, 0.3) is 0 Å². The van der Waals surface area contributed by atoms with Crippen LogP contribution in [0.4, 0.5) is 5.69 Å². The predicted octanol–water partition coefficient (Wildman–Crippen LogP) is -1.96. The van der Waals surface area contributed by atoms with Gasteiger partial charge in [0.25, 0.3) is 5.91 Å². The van der Waals surface area contributed by atoms with Gasteiger partial charge in [-0.25, -0.2) is 0 Å². The van der Waals surface area contributed by atoms with Crippen molar-refractivity contribution in [3.05, 3.63) is 24.3 Å². The standard InChI is InChI=1S/C10H10N2O3S2.Na/c1-7-6-10(13)12(11-7)8-4-2-3-5-9(8)17(14,15)16;/h2-5H,6H2,1H3,(H,14,15,16);/q;+1/p-1. The van der Waals surface area contributed by atoms with E-state index in [1.165, 1.54) is 12.1 Å². The second kappa shape index (κ2) is 5.77. The zero-order valence-corrected chi connectivity index (χ0v) is 13.6. The van der Waals surface area contributed by atoms with Gasteiger partial charge in [0.15, 0.2) is 0 Å². The number of carbonyl (C=O) groups excluding carboxylic acids is 1. The molecule has 0 aromatic heterocycles. The maximum atomic E-state index is 11.6. The molecule has 1 unspecified atom stereocenters. The van der Waals surface area contributed by atoms with Crippen molar-refractivity contribution in [2.75, 3.05) is 5.01 Å². The molecule has 90 valence electrons. The first-order valence-electron chi connectivity index (χ1n) is 4.81. The van der Waals surface area contributed by atoms with Gasteiger partial charge in [-0.15, -0.1) is 0 Å². The smallest absolute Gasteiger partial charge is 0.766 e. The molecular formula is C10H9N2NaO3S2. The van der Waals surface area contributed by atoms with Gasteiger partial charge in [0.1, 0.15) is 0 Å². The van der Waals surface area contributed by atoms with E-state index in [2.05, 4.69) is 16.3 Å². The van der Waals surface area contributed by atoms with Crippen molar-refractivity contribution in [3.8, 4) is 0 Å². The number of amides is 1. The topological polar surface area (TPSA) is 72.8 Å². The number of carbonyl (C=O) groups is 1. The van der Waals surface area contributed by atoms with Crippen molar-refractivity contribution < 1.29 is 43.1 Å². The van der Waals surface area contributed by atoms with Gasteiger partial charge in [0.05, 0.1) is 17.0 Å². The van der Waals surface area contributed by atoms with Crippen molar-refractivity contribution in [1.29, 1.82) is 0 Å². The zero-order valence-electron chi connectivity index (χ0n) is 9.95. The number of anilines is 1. The van der Waals surface area contributed by atoms with Gasteiger partial charge in [0.2, 0.25) is 0 Å². The number of nitrogens with zero attached hydrogens (tertiary/aromatic N) is 2. The number of hydrogen-bond donors (Lipinski definition) is 0. The number of para-hydroxylation sites is 1. The van der Waals surface area contributed by atoms with Crippen LogP contribution in [0.15, 0.2) is 34.3 Å². The van der Waals surface area contributed by atoms with E-state index >= 15 is 0 Å². The van der Waals surface area contributed by atoms with Crippen molar-refractivity contribution in [2.45, 2.75) is 18.2 Å². The summed E-state index contributed by atoms with van der Waals surface area (Å²) < 4.78 is 22.9. The van der Waals surface area contributed by atoms with E-state index in [1.807, 2.05) is 0 Å². The maximum absolute atomic E-state index is 11.6. The average Bonchev–Trinajstić information content (AvgIpc) is 2.56. The molecule has 0 fully saturated rings. The predicted molar refractivity (Wildman–Crippen MR) is 66.2 cm³/mol. The van der Waals surface area contributed by atoms with Crippen LogP contribution in [-0.4, -0.2) is 20.4 Å². The van der Waals surface area contributed by atoms with Crippen LogP contribution < -0.4 is 34.6 Å². The van der Waals surface area contributed by atoms with Crippen LogP contribution in [0.2, 0.25) is 0 Å². The van der Waals surface area contributed by atoms with Crippen LogP contribution >= 0.6 is 0 Å². The number of rotatable bonds is 2. The van der Waals surface area contributed by atoms with Gasteiger partial charge >= 0.3 is 29.6 Å². The Hall–Kier alpha value is -0.310. The molecule has 0 spiro atoms. The molecule has 2 rings (SSSR count). The van der Waals surface area contributed by atoms with Crippen molar-refractivity contribution in [2.24, 2.45) is 5.10 Å². The fourth-order valence-corrected chi connectivity index (χ4v) is 2.67. The third-order valence-electron chi connectivity index (χ3n) is 2.28. The minimum Gasteiger partial charge on any atom is -0.766 e. The molecule has 1 atom stereocenters. The van der Waals surface area contributed by atoms with Crippen molar-refractivity contribution in [1.82, 2.24) is 0 Å². The molecule has 1 aromatic carbocycles. The molecule has 1 aromatic rings. The Morgan fingerprint density at radius 3 is 2.56 bits per heavy atom. The molecule has 1 aliphatic heterocycles. The Bertz CT molecular complexity index is 613. The summed E-state index contributed by atoms with van der Waals surface area (Å²) in [6.45, 7) is 1.71. The van der Waals surface area contributed by atoms with Crippen molar-refractivity contribution >= 4 is 37.3 Å². The molecule has 1 amide bonds. The van der Waals surface area contributed by atoms with E-state index < -0.39 is 8.77 Å². The normalized spacial score (nSPS) is 18.0. The van der Waals surface area contributed by atoms with Gasteiger partial charge < -0.3 is 4.55 Å². The van der Waals surface area contributed by atoms with Crippen LogP contribution in [0.5, 0.6) is 0 Å². The summed E-state index contributed by atoms with van der Waals surface area (Å²) in [7, 11) is -3.79. The Labute approximate surface area is 132 Å². The van der Waals surface area contributed by atoms with Crippen molar-refractivity contribution in [3.63, 3.8) is 0 Å². The van der Waals surface area contributed by atoms with Crippen LogP contribution in [0, 0.1) is 0 Å². The molecule has 0 saturated carbocycles. The molecule has 0 saturated heterocycles. The third-order valence-corrected chi connectivity index (χ3v) is 3.70. The molecular weight excluding hydrogens is 283 g/mol. The van der Waals surface area contributed by atoms with E-state index in [0.717, 1.165) is 5.01 Å². The summed E-state index contributed by atoms with van der Waals surface area (Å²) in [5, 5.41) is 5.10. The first-order chi connectivity index (χ1) is 7.89. The van der Waals surface area contributed by atoms with Crippen LogP contribution in [-0.2, 0) is 24.8 Å². The Morgan fingerprint density at radius 1 is 1.44 bits per heavy atom. The molecule has 1 heterocycles. The van der Waals surface area contributed by atoms with E-state index in [4.69, 9.17) is 0 Å². The van der Waals surface area contributed by atoms with Crippen LogP contribution in [0.1, 0.15) is 13.3 Å². The fourth-order valence-electron chi connectivity index (χ4n) is 1.59. The summed E-state index contributed by atoms with van der Waals surface area (Å²) in [6.07, 6.45) is 0.200. The monoisotopic (exact) mass is 292 g/mol. The number of hydrogen-bond acceptors (Lipinski definition) is 5.